The fourth-order valence-electron chi connectivity index (χ4n) is 7.62. The van der Waals surface area contributed by atoms with Crippen molar-refractivity contribution in [3.63, 3.8) is 0 Å². The summed E-state index contributed by atoms with van der Waals surface area (Å²) in [6.07, 6.45) is 4.66. The van der Waals surface area contributed by atoms with Gasteiger partial charge in [0.05, 0.1) is 11.4 Å². The molecule has 2 aliphatic rings. The molecule has 1 aromatic heterocycles. The number of hydrogen-bond donors (Lipinski definition) is 0. The van der Waals surface area contributed by atoms with E-state index in [1.165, 1.54) is 79.6 Å². The molecule has 0 radical (unpaired) electrons. The second-order valence-corrected chi connectivity index (χ2v) is 13.9. The molecule has 0 amide bonds. The number of pyridine rings is 1. The first kappa shape index (κ1) is 26.9. The Morgan fingerprint density at radius 2 is 0.881 bits per heavy atom. The largest absolute Gasteiger partial charge is 0.248 e. The molecule has 210 valence electrons. The average molecular weight is 548 g/mol. The molecule has 0 aliphatic heterocycles. The Hall–Kier alpha value is -3.97. The van der Waals surface area contributed by atoms with Crippen LogP contribution in [0.5, 0.6) is 0 Å². The first-order valence-electron chi connectivity index (χ1n) is 15.6. The van der Waals surface area contributed by atoms with Gasteiger partial charge in [0.15, 0.2) is 0 Å². The predicted octanol–water partition coefficient (Wildman–Crippen LogP) is 10.8. The maximum atomic E-state index is 5.37. The van der Waals surface area contributed by atoms with Crippen LogP contribution in [0.25, 0.3) is 44.8 Å². The molecule has 0 atom stereocenters. The summed E-state index contributed by atoms with van der Waals surface area (Å²) in [5, 5.41) is 0. The summed E-state index contributed by atoms with van der Waals surface area (Å²) in [5.41, 5.74) is 18.9. The molecule has 0 saturated carbocycles. The molecular formula is C41H41N. The zero-order chi connectivity index (χ0) is 29.2. The van der Waals surface area contributed by atoms with Gasteiger partial charge in [-0.3, -0.25) is 0 Å². The standard InChI is InChI=1S/C41H41N/c1-26-22-34(30-18-20-40(3,4)36(30)24-26)28-12-7-9-14-32(28)38-16-11-17-39(42-38)33-15-10-8-13-29(33)35-23-27(2)25-37-31(35)19-21-41(37,5)6/h7-17,22-25H,18-21H2,1-6H3. The van der Waals surface area contributed by atoms with Gasteiger partial charge in [-0.15, -0.1) is 0 Å². The Bertz CT molecular complexity index is 1720. The van der Waals surface area contributed by atoms with Crippen LogP contribution in [0.15, 0.2) is 91.0 Å². The molecule has 1 heteroatoms. The second-order valence-electron chi connectivity index (χ2n) is 13.9. The minimum Gasteiger partial charge on any atom is -0.248 e. The molecule has 2 aliphatic carbocycles. The lowest BCUT2D eigenvalue weighted by atomic mass is 9.83. The van der Waals surface area contributed by atoms with Crippen molar-refractivity contribution < 1.29 is 0 Å². The minimum absolute atomic E-state index is 0.220. The van der Waals surface area contributed by atoms with Crippen molar-refractivity contribution in [1.82, 2.24) is 4.98 Å². The van der Waals surface area contributed by atoms with Crippen molar-refractivity contribution in [1.29, 1.82) is 0 Å². The summed E-state index contributed by atoms with van der Waals surface area (Å²) in [7, 11) is 0. The third-order valence-corrected chi connectivity index (χ3v) is 9.98. The van der Waals surface area contributed by atoms with Gasteiger partial charge in [0.2, 0.25) is 0 Å². The van der Waals surface area contributed by atoms with E-state index in [9.17, 15) is 0 Å². The van der Waals surface area contributed by atoms with E-state index in [0.29, 0.717) is 0 Å². The fraction of sp³-hybridized carbons (Fsp3) is 0.293. The van der Waals surface area contributed by atoms with E-state index in [1.54, 1.807) is 0 Å². The molecular weight excluding hydrogens is 506 g/mol. The Morgan fingerprint density at radius 1 is 0.476 bits per heavy atom. The third-order valence-electron chi connectivity index (χ3n) is 9.98. The Morgan fingerprint density at radius 3 is 1.31 bits per heavy atom. The first-order chi connectivity index (χ1) is 20.1. The average Bonchev–Trinajstić information content (AvgIpc) is 3.46. The molecule has 0 unspecified atom stereocenters. The quantitative estimate of drug-likeness (QED) is 0.218. The summed E-state index contributed by atoms with van der Waals surface area (Å²) < 4.78 is 0. The van der Waals surface area contributed by atoms with Gasteiger partial charge in [0, 0.05) is 11.1 Å². The van der Waals surface area contributed by atoms with E-state index in [4.69, 9.17) is 4.98 Å². The van der Waals surface area contributed by atoms with Crippen LogP contribution in [0.1, 0.15) is 73.9 Å². The monoisotopic (exact) mass is 547 g/mol. The molecule has 0 saturated heterocycles. The van der Waals surface area contributed by atoms with Crippen molar-refractivity contribution in [2.45, 2.75) is 78.1 Å². The first-order valence-corrected chi connectivity index (χ1v) is 15.6. The van der Waals surface area contributed by atoms with Gasteiger partial charge >= 0.3 is 0 Å². The number of fused-ring (bicyclic) bond motifs is 2. The molecule has 5 aromatic rings. The lowest BCUT2D eigenvalue weighted by molar-refractivity contribution is 0.522. The van der Waals surface area contributed by atoms with Gasteiger partial charge in [-0.2, -0.15) is 0 Å². The topological polar surface area (TPSA) is 12.9 Å². The van der Waals surface area contributed by atoms with Crippen molar-refractivity contribution >= 4 is 0 Å². The maximum absolute atomic E-state index is 5.37. The third kappa shape index (κ3) is 4.42. The summed E-state index contributed by atoms with van der Waals surface area (Å²) >= 11 is 0. The van der Waals surface area contributed by atoms with E-state index in [1.807, 2.05) is 0 Å². The maximum Gasteiger partial charge on any atom is 0.0715 e. The van der Waals surface area contributed by atoms with Crippen LogP contribution in [0, 0.1) is 13.8 Å². The molecule has 0 bridgehead atoms. The Balaban J connectivity index is 1.37. The van der Waals surface area contributed by atoms with Crippen molar-refractivity contribution in [3.8, 4) is 44.8 Å². The highest BCUT2D eigenvalue weighted by molar-refractivity contribution is 5.88. The highest BCUT2D eigenvalue weighted by Crippen LogP contribution is 2.47. The van der Waals surface area contributed by atoms with Crippen LogP contribution >= 0.6 is 0 Å². The van der Waals surface area contributed by atoms with Gasteiger partial charge in [0.1, 0.15) is 0 Å². The van der Waals surface area contributed by atoms with Gasteiger partial charge < -0.3 is 0 Å². The summed E-state index contributed by atoms with van der Waals surface area (Å²) in [6, 6.07) is 33.9. The second kappa shape index (κ2) is 9.80. The van der Waals surface area contributed by atoms with Crippen LogP contribution < -0.4 is 0 Å². The SMILES string of the molecule is Cc1cc(-c2ccccc2-c2cccc(-c3ccccc3-c3cc(C)cc4c3CCC4(C)C)n2)c2c(c1)C(C)(C)CC2. The Kier molecular flexibility index (Phi) is 6.28. The zero-order valence-electron chi connectivity index (χ0n) is 25.9. The van der Waals surface area contributed by atoms with Gasteiger partial charge in [-0.25, -0.2) is 4.98 Å². The lowest BCUT2D eigenvalue weighted by Crippen LogP contribution is -2.12. The van der Waals surface area contributed by atoms with Gasteiger partial charge in [-0.05, 0) is 107 Å². The highest BCUT2D eigenvalue weighted by atomic mass is 14.7. The van der Waals surface area contributed by atoms with Crippen LogP contribution in [0.4, 0.5) is 0 Å². The van der Waals surface area contributed by atoms with E-state index in [0.717, 1.165) is 24.2 Å². The molecule has 1 heterocycles. The molecule has 1 nitrogen and oxygen atoms in total. The molecule has 0 N–H and O–H groups in total. The summed E-state index contributed by atoms with van der Waals surface area (Å²) in [6.45, 7) is 14.0. The normalized spacial score (nSPS) is 16.3. The van der Waals surface area contributed by atoms with Crippen molar-refractivity contribution in [2.24, 2.45) is 0 Å². The number of benzene rings is 4. The minimum atomic E-state index is 0.220. The number of aryl methyl sites for hydroxylation is 2. The van der Waals surface area contributed by atoms with Crippen LogP contribution in [-0.4, -0.2) is 4.98 Å². The van der Waals surface area contributed by atoms with E-state index in [-0.39, 0.29) is 10.8 Å². The van der Waals surface area contributed by atoms with E-state index in [2.05, 4.69) is 133 Å². The zero-order valence-corrected chi connectivity index (χ0v) is 25.9. The molecule has 0 spiro atoms. The fourth-order valence-corrected chi connectivity index (χ4v) is 7.62. The molecule has 7 rings (SSSR count). The van der Waals surface area contributed by atoms with Crippen LogP contribution in [0.3, 0.4) is 0 Å². The van der Waals surface area contributed by atoms with E-state index < -0.39 is 0 Å². The smallest absolute Gasteiger partial charge is 0.0715 e. The summed E-state index contributed by atoms with van der Waals surface area (Å²) in [4.78, 5) is 5.37. The summed E-state index contributed by atoms with van der Waals surface area (Å²) in [5.74, 6) is 0. The van der Waals surface area contributed by atoms with E-state index >= 15 is 0 Å². The number of rotatable bonds is 4. The van der Waals surface area contributed by atoms with Crippen LogP contribution in [-0.2, 0) is 23.7 Å². The van der Waals surface area contributed by atoms with Crippen molar-refractivity contribution in [3.05, 3.63) is 124 Å². The van der Waals surface area contributed by atoms with Crippen LogP contribution in [0.2, 0.25) is 0 Å². The van der Waals surface area contributed by atoms with Crippen molar-refractivity contribution in [2.75, 3.05) is 0 Å². The molecule has 42 heavy (non-hydrogen) atoms. The van der Waals surface area contributed by atoms with Gasteiger partial charge in [0.25, 0.3) is 0 Å². The molecule has 4 aromatic carbocycles. The molecule has 0 fully saturated rings. The number of aromatic nitrogens is 1. The highest BCUT2D eigenvalue weighted by Gasteiger charge is 2.33. The predicted molar refractivity (Wildman–Crippen MR) is 178 cm³/mol. The Labute approximate surface area is 251 Å². The number of hydrogen-bond acceptors (Lipinski definition) is 1. The van der Waals surface area contributed by atoms with Gasteiger partial charge in [-0.1, -0.05) is 118 Å². The lowest BCUT2D eigenvalue weighted by Gasteiger charge is -2.21. The number of nitrogens with zero attached hydrogens (tertiary/aromatic N) is 1.